The zero-order valence-corrected chi connectivity index (χ0v) is 22.4. The third kappa shape index (κ3) is 6.02. The molecule has 0 saturated heterocycles. The van der Waals surface area contributed by atoms with E-state index >= 15 is 0 Å². The minimum absolute atomic E-state index is 0.161. The Morgan fingerprint density at radius 3 is 2.05 bits per heavy atom. The normalized spacial score (nSPS) is 13.0. The van der Waals surface area contributed by atoms with Crippen LogP contribution in [0.2, 0.25) is 0 Å². The maximum Gasteiger partial charge on any atom is 0.338 e. The van der Waals surface area contributed by atoms with E-state index in [0.717, 1.165) is 4.90 Å². The number of ether oxygens (including phenoxy) is 2. The number of carbonyl (C=O) groups is 5. The van der Waals surface area contributed by atoms with Crippen molar-refractivity contribution in [1.82, 2.24) is 0 Å². The van der Waals surface area contributed by atoms with Gasteiger partial charge in [-0.25, -0.2) is 14.5 Å². The summed E-state index contributed by atoms with van der Waals surface area (Å²) in [7, 11) is 1.28. The van der Waals surface area contributed by atoms with E-state index in [-0.39, 0.29) is 33.6 Å². The van der Waals surface area contributed by atoms with Gasteiger partial charge in [-0.2, -0.15) is 0 Å². The first-order chi connectivity index (χ1) is 19.1. The number of methoxy groups -OCH3 is 1. The van der Waals surface area contributed by atoms with Crippen LogP contribution in [0.1, 0.15) is 44.9 Å². The van der Waals surface area contributed by atoms with Crippen LogP contribution < -0.4 is 15.5 Å². The molecular formula is C29H24ClN3O7. The third-order valence-electron chi connectivity index (χ3n) is 5.69. The monoisotopic (exact) mass is 561 g/mol. The van der Waals surface area contributed by atoms with Crippen molar-refractivity contribution in [2.24, 2.45) is 0 Å². The molecule has 0 fully saturated rings. The van der Waals surface area contributed by atoms with Crippen LogP contribution >= 0.6 is 11.6 Å². The number of esters is 2. The van der Waals surface area contributed by atoms with Crippen LogP contribution in [0.25, 0.3) is 0 Å². The Bertz CT molecular complexity index is 1530. The first kappa shape index (κ1) is 28.1. The number of halogens is 1. The number of hydrogen-bond donors (Lipinski definition) is 2. The largest absolute Gasteiger partial charge is 0.465 e. The summed E-state index contributed by atoms with van der Waals surface area (Å²) in [6, 6.07) is 18.2. The highest BCUT2D eigenvalue weighted by Crippen LogP contribution is 2.30. The van der Waals surface area contributed by atoms with Crippen molar-refractivity contribution in [3.63, 3.8) is 0 Å². The predicted molar refractivity (Wildman–Crippen MR) is 148 cm³/mol. The van der Waals surface area contributed by atoms with Crippen molar-refractivity contribution in [3.05, 3.63) is 100 Å². The summed E-state index contributed by atoms with van der Waals surface area (Å²) in [5.74, 6) is -2.90. The molecule has 3 aromatic rings. The minimum Gasteiger partial charge on any atom is -0.465 e. The number of imide groups is 1. The van der Waals surface area contributed by atoms with Crippen LogP contribution in [0.5, 0.6) is 0 Å². The molecule has 0 unspecified atom stereocenters. The number of anilines is 3. The molecule has 4 rings (SSSR count). The lowest BCUT2D eigenvalue weighted by molar-refractivity contribution is -0.120. The molecule has 0 atom stereocenters. The van der Waals surface area contributed by atoms with Crippen LogP contribution in [-0.4, -0.2) is 42.9 Å². The zero-order valence-electron chi connectivity index (χ0n) is 21.7. The standard InChI is InChI=1S/C29H24ClN3O7/c1-16(2)40-29(38)18-9-13-22(14-10-18)33-26(35)23(30)24(27(33)36)31-21-6-4-5-19(15-21)25(34)32-20-11-7-17(8-12-20)28(37)39-3/h4-16,31H,1-3H3,(H,32,34). The summed E-state index contributed by atoms with van der Waals surface area (Å²) < 4.78 is 9.81. The quantitative estimate of drug-likeness (QED) is 0.298. The first-order valence-electron chi connectivity index (χ1n) is 12.1. The second-order valence-electron chi connectivity index (χ2n) is 8.86. The van der Waals surface area contributed by atoms with E-state index in [1.807, 2.05) is 0 Å². The summed E-state index contributed by atoms with van der Waals surface area (Å²) >= 11 is 6.23. The molecule has 0 saturated carbocycles. The van der Waals surface area contributed by atoms with E-state index in [0.29, 0.717) is 16.9 Å². The molecule has 204 valence electrons. The maximum atomic E-state index is 13.1. The zero-order chi connectivity index (χ0) is 29.0. The number of carbonyl (C=O) groups excluding carboxylic acids is 5. The Hall–Kier alpha value is -4.96. The number of nitrogens with zero attached hydrogens (tertiary/aromatic N) is 1. The Kier molecular flexibility index (Phi) is 8.30. The molecule has 2 N–H and O–H groups in total. The average molecular weight is 562 g/mol. The lowest BCUT2D eigenvalue weighted by Crippen LogP contribution is -2.32. The van der Waals surface area contributed by atoms with E-state index in [1.54, 1.807) is 44.2 Å². The van der Waals surface area contributed by atoms with Crippen LogP contribution in [0.3, 0.4) is 0 Å². The van der Waals surface area contributed by atoms with Gasteiger partial charge in [-0.15, -0.1) is 0 Å². The lowest BCUT2D eigenvalue weighted by atomic mass is 10.1. The second-order valence-corrected chi connectivity index (χ2v) is 9.24. The van der Waals surface area contributed by atoms with Gasteiger partial charge in [0.2, 0.25) is 0 Å². The van der Waals surface area contributed by atoms with Gasteiger partial charge >= 0.3 is 11.9 Å². The van der Waals surface area contributed by atoms with E-state index in [9.17, 15) is 24.0 Å². The number of amides is 3. The fourth-order valence-corrected chi connectivity index (χ4v) is 3.98. The van der Waals surface area contributed by atoms with Gasteiger partial charge in [0, 0.05) is 16.9 Å². The third-order valence-corrected chi connectivity index (χ3v) is 6.04. The van der Waals surface area contributed by atoms with Crippen LogP contribution in [0.4, 0.5) is 17.1 Å². The minimum atomic E-state index is -0.740. The summed E-state index contributed by atoms with van der Waals surface area (Å²) in [6.45, 7) is 3.45. The van der Waals surface area contributed by atoms with Gasteiger partial charge in [0.25, 0.3) is 17.7 Å². The van der Waals surface area contributed by atoms with Gasteiger partial charge in [-0.3, -0.25) is 14.4 Å². The van der Waals surface area contributed by atoms with Gasteiger partial charge in [-0.05, 0) is 80.6 Å². The van der Waals surface area contributed by atoms with Crippen molar-refractivity contribution in [2.45, 2.75) is 20.0 Å². The molecule has 1 aliphatic heterocycles. The van der Waals surface area contributed by atoms with Crippen LogP contribution in [-0.2, 0) is 19.1 Å². The molecule has 0 radical (unpaired) electrons. The van der Waals surface area contributed by atoms with Gasteiger partial charge < -0.3 is 20.1 Å². The molecule has 40 heavy (non-hydrogen) atoms. The summed E-state index contributed by atoms with van der Waals surface area (Å²) in [6.07, 6.45) is -0.297. The van der Waals surface area contributed by atoms with Crippen LogP contribution in [0, 0.1) is 0 Å². The molecule has 3 aromatic carbocycles. The van der Waals surface area contributed by atoms with Gasteiger partial charge in [0.05, 0.1) is 30.0 Å². The fraction of sp³-hybridized carbons (Fsp3) is 0.138. The topological polar surface area (TPSA) is 131 Å². The van der Waals surface area contributed by atoms with Crippen molar-refractivity contribution in [1.29, 1.82) is 0 Å². The smallest absolute Gasteiger partial charge is 0.338 e. The van der Waals surface area contributed by atoms with Gasteiger partial charge in [-0.1, -0.05) is 17.7 Å². The summed E-state index contributed by atoms with van der Waals surface area (Å²) in [5.41, 5.74) is 1.73. The van der Waals surface area contributed by atoms with E-state index in [1.165, 1.54) is 49.6 Å². The number of nitrogens with one attached hydrogen (secondary N) is 2. The van der Waals surface area contributed by atoms with Gasteiger partial charge in [0.1, 0.15) is 10.7 Å². The van der Waals surface area contributed by atoms with Crippen molar-refractivity contribution >= 4 is 58.3 Å². The van der Waals surface area contributed by atoms with E-state index in [4.69, 9.17) is 16.3 Å². The highest BCUT2D eigenvalue weighted by molar-refractivity contribution is 6.53. The Balaban J connectivity index is 1.46. The summed E-state index contributed by atoms with van der Waals surface area (Å²) in [4.78, 5) is 63.4. The molecule has 10 nitrogen and oxygen atoms in total. The molecule has 0 aliphatic carbocycles. The maximum absolute atomic E-state index is 13.1. The molecule has 0 spiro atoms. The number of hydrogen-bond acceptors (Lipinski definition) is 8. The molecule has 11 heteroatoms. The predicted octanol–water partition coefficient (Wildman–Crippen LogP) is 4.73. The van der Waals surface area contributed by atoms with Crippen molar-refractivity contribution in [3.8, 4) is 0 Å². The Morgan fingerprint density at radius 2 is 1.43 bits per heavy atom. The molecular weight excluding hydrogens is 538 g/mol. The molecule has 3 amide bonds. The number of benzene rings is 3. The Morgan fingerprint density at radius 1 is 0.800 bits per heavy atom. The highest BCUT2D eigenvalue weighted by atomic mass is 35.5. The molecule has 0 bridgehead atoms. The second kappa shape index (κ2) is 11.8. The Labute approximate surface area is 234 Å². The average Bonchev–Trinajstić information content (AvgIpc) is 3.15. The summed E-state index contributed by atoms with van der Waals surface area (Å²) in [5, 5.41) is 5.23. The van der Waals surface area contributed by atoms with Crippen molar-refractivity contribution < 1.29 is 33.4 Å². The van der Waals surface area contributed by atoms with Gasteiger partial charge in [0.15, 0.2) is 0 Å². The fourth-order valence-electron chi connectivity index (χ4n) is 3.77. The number of rotatable bonds is 8. The highest BCUT2D eigenvalue weighted by Gasteiger charge is 2.39. The molecule has 0 aromatic heterocycles. The van der Waals surface area contributed by atoms with Crippen LogP contribution in [0.15, 0.2) is 83.5 Å². The molecule has 1 aliphatic rings. The van der Waals surface area contributed by atoms with E-state index in [2.05, 4.69) is 15.4 Å². The van der Waals surface area contributed by atoms with E-state index < -0.39 is 29.7 Å². The SMILES string of the molecule is COC(=O)c1ccc(NC(=O)c2cccc(NC3=C(Cl)C(=O)N(c4ccc(C(=O)OC(C)C)cc4)C3=O)c2)cc1. The van der Waals surface area contributed by atoms with Crippen molar-refractivity contribution in [2.75, 3.05) is 22.6 Å². The first-order valence-corrected chi connectivity index (χ1v) is 12.4. The lowest BCUT2D eigenvalue weighted by Gasteiger charge is -2.16. The molecule has 1 heterocycles.